The van der Waals surface area contributed by atoms with Gasteiger partial charge >= 0.3 is 0 Å². The molecule has 0 saturated heterocycles. The molecule has 0 aliphatic heterocycles. The lowest BCUT2D eigenvalue weighted by Crippen LogP contribution is -2.39. The minimum Gasteiger partial charge on any atom is -0.325 e. The highest BCUT2D eigenvalue weighted by molar-refractivity contribution is 6.20. The van der Waals surface area contributed by atoms with Crippen LogP contribution in [-0.4, -0.2) is 5.54 Å². The van der Waals surface area contributed by atoms with E-state index in [4.69, 9.17) is 5.73 Å². The first-order valence-corrected chi connectivity index (χ1v) is 11.3. The van der Waals surface area contributed by atoms with Crippen molar-refractivity contribution in [3.05, 3.63) is 113 Å². The van der Waals surface area contributed by atoms with E-state index in [-0.39, 0.29) is 5.54 Å². The first kappa shape index (κ1) is 21.3. The van der Waals surface area contributed by atoms with Gasteiger partial charge in [-0.3, -0.25) is 0 Å². The zero-order valence-corrected chi connectivity index (χ0v) is 19.1. The van der Waals surface area contributed by atoms with Gasteiger partial charge in [-0.15, -0.1) is 0 Å². The number of nitrogens with two attached hydrogens (primary N) is 1. The van der Waals surface area contributed by atoms with Gasteiger partial charge in [0.25, 0.3) is 0 Å². The van der Waals surface area contributed by atoms with Crippen LogP contribution in [0.4, 0.5) is 0 Å². The normalized spacial score (nSPS) is 17.9. The van der Waals surface area contributed by atoms with Gasteiger partial charge in [-0.05, 0) is 59.6 Å². The summed E-state index contributed by atoms with van der Waals surface area (Å²) in [6.45, 7) is 8.94. The predicted molar refractivity (Wildman–Crippen MR) is 134 cm³/mol. The number of rotatable bonds is 6. The van der Waals surface area contributed by atoms with Crippen LogP contribution in [0, 0.1) is 11.8 Å². The van der Waals surface area contributed by atoms with Crippen LogP contribution in [0.15, 0.2) is 96.6 Å². The van der Waals surface area contributed by atoms with Gasteiger partial charge in [0.2, 0.25) is 0 Å². The molecule has 4 rings (SSSR count). The van der Waals surface area contributed by atoms with Gasteiger partial charge in [-0.25, -0.2) is 0 Å². The molecular weight excluding hydrogens is 374 g/mol. The summed E-state index contributed by atoms with van der Waals surface area (Å²) in [6.07, 6.45) is 0.988. The molecule has 158 valence electrons. The molecule has 3 aromatic carbocycles. The number of allylic oxidation sites excluding steroid dienone is 4. The van der Waals surface area contributed by atoms with Crippen LogP contribution >= 0.6 is 0 Å². The van der Waals surface area contributed by atoms with Crippen LogP contribution in [0.1, 0.15) is 50.8 Å². The Labute approximate surface area is 187 Å². The van der Waals surface area contributed by atoms with E-state index in [0.717, 1.165) is 6.42 Å². The van der Waals surface area contributed by atoms with E-state index in [9.17, 15) is 0 Å². The molecule has 2 unspecified atom stereocenters. The molecular formula is C30H33N. The largest absolute Gasteiger partial charge is 0.325 e. The zero-order chi connectivity index (χ0) is 22.0. The molecule has 0 spiro atoms. The Balaban J connectivity index is 1.99. The molecule has 31 heavy (non-hydrogen) atoms. The van der Waals surface area contributed by atoms with Gasteiger partial charge in [0.15, 0.2) is 0 Å². The maximum atomic E-state index is 6.54. The highest BCUT2D eigenvalue weighted by Gasteiger charge is 2.35. The lowest BCUT2D eigenvalue weighted by atomic mass is 9.80. The SMILES string of the molecule is CC1C(CC(C)C(C)(C)N)=C(c2ccccc2)C(c2ccccc2)=C1c1ccccc1. The van der Waals surface area contributed by atoms with Crippen LogP contribution in [0.25, 0.3) is 16.7 Å². The fraction of sp³-hybridized carbons (Fsp3) is 0.267. The van der Waals surface area contributed by atoms with Crippen molar-refractivity contribution in [2.24, 2.45) is 17.6 Å². The number of benzene rings is 3. The average molecular weight is 408 g/mol. The highest BCUT2D eigenvalue weighted by atomic mass is 14.7. The molecule has 1 nitrogen and oxygen atoms in total. The third kappa shape index (κ3) is 4.29. The quantitative estimate of drug-likeness (QED) is 0.451. The zero-order valence-electron chi connectivity index (χ0n) is 19.1. The first-order valence-electron chi connectivity index (χ1n) is 11.3. The fourth-order valence-electron chi connectivity index (χ4n) is 4.63. The topological polar surface area (TPSA) is 26.0 Å². The third-order valence-electron chi connectivity index (χ3n) is 6.80. The smallest absolute Gasteiger partial charge is 0.0126 e. The van der Waals surface area contributed by atoms with Gasteiger partial charge < -0.3 is 5.73 Å². The Morgan fingerprint density at radius 3 is 1.58 bits per heavy atom. The van der Waals surface area contributed by atoms with Crippen molar-refractivity contribution in [3.63, 3.8) is 0 Å². The maximum Gasteiger partial charge on any atom is 0.0126 e. The van der Waals surface area contributed by atoms with E-state index in [2.05, 4.69) is 119 Å². The fourth-order valence-corrected chi connectivity index (χ4v) is 4.63. The second-order valence-corrected chi connectivity index (χ2v) is 9.44. The Bertz CT molecular complexity index is 1080. The minimum atomic E-state index is -0.225. The lowest BCUT2D eigenvalue weighted by Gasteiger charge is -2.29. The Morgan fingerprint density at radius 1 is 0.710 bits per heavy atom. The molecule has 0 fully saturated rings. The molecule has 0 radical (unpaired) electrons. The second-order valence-electron chi connectivity index (χ2n) is 9.44. The van der Waals surface area contributed by atoms with Crippen LogP contribution in [-0.2, 0) is 0 Å². The Hall–Kier alpha value is -2.90. The summed E-state index contributed by atoms with van der Waals surface area (Å²) in [7, 11) is 0. The second kappa shape index (κ2) is 8.69. The standard InChI is InChI=1S/C30H33N/c1-21(30(3,4)31)20-26-22(2)27(23-14-8-5-9-15-23)29(25-18-12-7-13-19-25)28(26)24-16-10-6-11-17-24/h5-19,21-22H,20,31H2,1-4H3. The molecule has 0 bridgehead atoms. The van der Waals surface area contributed by atoms with Gasteiger partial charge in [-0.1, -0.05) is 110 Å². The highest BCUT2D eigenvalue weighted by Crippen LogP contribution is 2.53. The summed E-state index contributed by atoms with van der Waals surface area (Å²) in [5.74, 6) is 0.702. The van der Waals surface area contributed by atoms with Crippen molar-refractivity contribution in [1.82, 2.24) is 0 Å². The van der Waals surface area contributed by atoms with Crippen molar-refractivity contribution in [2.45, 2.75) is 39.7 Å². The van der Waals surface area contributed by atoms with Crippen molar-refractivity contribution in [3.8, 4) is 0 Å². The van der Waals surface area contributed by atoms with Crippen LogP contribution < -0.4 is 5.73 Å². The lowest BCUT2D eigenvalue weighted by molar-refractivity contribution is 0.340. The Morgan fingerprint density at radius 2 is 1.13 bits per heavy atom. The summed E-state index contributed by atoms with van der Waals surface area (Å²) < 4.78 is 0. The predicted octanol–water partition coefficient (Wildman–Crippen LogP) is 7.46. The summed E-state index contributed by atoms with van der Waals surface area (Å²) in [6, 6.07) is 32.6. The van der Waals surface area contributed by atoms with Crippen LogP contribution in [0.2, 0.25) is 0 Å². The van der Waals surface area contributed by atoms with Crippen molar-refractivity contribution in [2.75, 3.05) is 0 Å². The summed E-state index contributed by atoms with van der Waals surface area (Å²) in [5, 5.41) is 0. The van der Waals surface area contributed by atoms with Crippen LogP contribution in [0.3, 0.4) is 0 Å². The third-order valence-corrected chi connectivity index (χ3v) is 6.80. The van der Waals surface area contributed by atoms with E-state index >= 15 is 0 Å². The number of hydrogen-bond donors (Lipinski definition) is 1. The average Bonchev–Trinajstić information content (AvgIpc) is 3.07. The van der Waals surface area contributed by atoms with E-state index in [1.54, 1.807) is 0 Å². The van der Waals surface area contributed by atoms with Gasteiger partial charge in [0.05, 0.1) is 0 Å². The van der Waals surface area contributed by atoms with E-state index in [1.807, 2.05) is 0 Å². The monoisotopic (exact) mass is 407 g/mol. The molecule has 1 aliphatic carbocycles. The molecule has 1 aliphatic rings. The van der Waals surface area contributed by atoms with Crippen LogP contribution in [0.5, 0.6) is 0 Å². The van der Waals surface area contributed by atoms with Crippen molar-refractivity contribution >= 4 is 16.7 Å². The van der Waals surface area contributed by atoms with E-state index in [0.29, 0.717) is 11.8 Å². The molecule has 0 saturated carbocycles. The van der Waals surface area contributed by atoms with Gasteiger partial charge in [0.1, 0.15) is 0 Å². The summed E-state index contributed by atoms with van der Waals surface area (Å²) >= 11 is 0. The molecule has 0 amide bonds. The molecule has 2 atom stereocenters. The molecule has 0 heterocycles. The molecule has 3 aromatic rings. The molecule has 2 N–H and O–H groups in total. The minimum absolute atomic E-state index is 0.225. The van der Waals surface area contributed by atoms with E-state index < -0.39 is 0 Å². The maximum absolute atomic E-state index is 6.54. The molecule has 1 heteroatoms. The van der Waals surface area contributed by atoms with Gasteiger partial charge in [-0.2, -0.15) is 0 Å². The summed E-state index contributed by atoms with van der Waals surface area (Å²) in [4.78, 5) is 0. The van der Waals surface area contributed by atoms with E-state index in [1.165, 1.54) is 39.0 Å². The number of hydrogen-bond acceptors (Lipinski definition) is 1. The Kier molecular flexibility index (Phi) is 5.98. The first-order chi connectivity index (χ1) is 14.9. The van der Waals surface area contributed by atoms with Crippen molar-refractivity contribution in [1.29, 1.82) is 0 Å². The van der Waals surface area contributed by atoms with Crippen molar-refractivity contribution < 1.29 is 0 Å². The molecule has 0 aromatic heterocycles. The summed E-state index contributed by atoms with van der Waals surface area (Å²) in [5.41, 5.74) is 15.8. The van der Waals surface area contributed by atoms with Gasteiger partial charge in [0, 0.05) is 11.5 Å².